The molecule has 1 unspecified atom stereocenters. The quantitative estimate of drug-likeness (QED) is 0.748. The maximum absolute atomic E-state index is 9.15. The summed E-state index contributed by atoms with van der Waals surface area (Å²) >= 11 is 0. The minimum atomic E-state index is -0.0536. The third kappa shape index (κ3) is 4.67. The van der Waals surface area contributed by atoms with E-state index in [2.05, 4.69) is 5.32 Å². The van der Waals surface area contributed by atoms with Gasteiger partial charge in [-0.2, -0.15) is 0 Å². The molecule has 14 heavy (non-hydrogen) atoms. The van der Waals surface area contributed by atoms with Crippen LogP contribution in [0.2, 0.25) is 0 Å². The second kappa shape index (κ2) is 7.88. The fourth-order valence-electron chi connectivity index (χ4n) is 1.09. The maximum atomic E-state index is 9.15. The van der Waals surface area contributed by atoms with Gasteiger partial charge in [0.25, 0.3) is 0 Å². The molecule has 0 saturated heterocycles. The van der Waals surface area contributed by atoms with Crippen molar-refractivity contribution in [1.82, 2.24) is 5.32 Å². The molecule has 3 nitrogen and oxygen atoms in total. The molecular formula is C9H16Cl2N2O. The molecular weight excluding hydrogens is 223 g/mol. The van der Waals surface area contributed by atoms with Gasteiger partial charge in [0.15, 0.2) is 0 Å². The molecule has 1 aromatic rings. The van der Waals surface area contributed by atoms with E-state index in [0.29, 0.717) is 6.54 Å². The Kier molecular flexibility index (Phi) is 8.99. The van der Waals surface area contributed by atoms with E-state index >= 15 is 0 Å². The molecule has 0 aliphatic heterocycles. The molecule has 0 aliphatic rings. The number of aromatic hydroxyl groups is 1. The predicted octanol–water partition coefficient (Wildman–Crippen LogP) is 1.45. The topological polar surface area (TPSA) is 58.3 Å². The van der Waals surface area contributed by atoms with Gasteiger partial charge >= 0.3 is 0 Å². The highest BCUT2D eigenvalue weighted by Gasteiger charge is 2.03. The van der Waals surface area contributed by atoms with Gasteiger partial charge in [-0.1, -0.05) is 12.1 Å². The van der Waals surface area contributed by atoms with E-state index in [1.165, 1.54) is 0 Å². The standard InChI is InChI=1S/C9H14N2O.2ClH/c1-11-6-9(10)7-3-2-4-8(12)5-7;;/h2-5,9,11-12H,6,10H2,1H3;2*1H. The Morgan fingerprint density at radius 2 is 2.07 bits per heavy atom. The maximum Gasteiger partial charge on any atom is 0.115 e. The third-order valence-corrected chi connectivity index (χ3v) is 1.72. The normalized spacial score (nSPS) is 11.0. The summed E-state index contributed by atoms with van der Waals surface area (Å²) in [6, 6.07) is 6.96. The molecule has 0 saturated carbocycles. The van der Waals surface area contributed by atoms with Gasteiger partial charge in [-0.15, -0.1) is 24.8 Å². The minimum Gasteiger partial charge on any atom is -0.508 e. The van der Waals surface area contributed by atoms with Gasteiger partial charge < -0.3 is 16.2 Å². The number of rotatable bonds is 3. The smallest absolute Gasteiger partial charge is 0.115 e. The van der Waals surface area contributed by atoms with Crippen molar-refractivity contribution in [3.05, 3.63) is 29.8 Å². The van der Waals surface area contributed by atoms with Crippen LogP contribution in [0.5, 0.6) is 5.75 Å². The molecule has 0 aromatic heterocycles. The number of phenols is 1. The molecule has 0 spiro atoms. The molecule has 0 fully saturated rings. The van der Waals surface area contributed by atoms with Crippen LogP contribution in [0.25, 0.3) is 0 Å². The van der Waals surface area contributed by atoms with Gasteiger partial charge in [0, 0.05) is 12.6 Å². The largest absolute Gasteiger partial charge is 0.508 e. The van der Waals surface area contributed by atoms with E-state index in [-0.39, 0.29) is 36.6 Å². The van der Waals surface area contributed by atoms with E-state index in [9.17, 15) is 0 Å². The van der Waals surface area contributed by atoms with Crippen molar-refractivity contribution in [3.63, 3.8) is 0 Å². The zero-order valence-corrected chi connectivity index (χ0v) is 9.57. The van der Waals surface area contributed by atoms with Crippen LogP contribution in [0.1, 0.15) is 11.6 Å². The van der Waals surface area contributed by atoms with Gasteiger partial charge in [0.05, 0.1) is 0 Å². The first-order valence-electron chi connectivity index (χ1n) is 3.93. The first-order valence-corrected chi connectivity index (χ1v) is 3.93. The van der Waals surface area contributed by atoms with Crippen LogP contribution in [0.4, 0.5) is 0 Å². The van der Waals surface area contributed by atoms with Crippen molar-refractivity contribution in [2.45, 2.75) is 6.04 Å². The van der Waals surface area contributed by atoms with Crippen LogP contribution >= 0.6 is 24.8 Å². The third-order valence-electron chi connectivity index (χ3n) is 1.72. The number of likely N-dealkylation sites (N-methyl/N-ethyl adjacent to an activating group) is 1. The average molecular weight is 239 g/mol. The lowest BCUT2D eigenvalue weighted by molar-refractivity contribution is 0.473. The lowest BCUT2D eigenvalue weighted by Gasteiger charge is -2.10. The summed E-state index contributed by atoms with van der Waals surface area (Å²) in [5.74, 6) is 0.263. The molecule has 1 atom stereocenters. The zero-order chi connectivity index (χ0) is 8.97. The Morgan fingerprint density at radius 3 is 2.57 bits per heavy atom. The average Bonchev–Trinajstić information content (AvgIpc) is 2.05. The molecule has 0 radical (unpaired) electrons. The van der Waals surface area contributed by atoms with Gasteiger partial charge in [0.1, 0.15) is 5.75 Å². The lowest BCUT2D eigenvalue weighted by Crippen LogP contribution is -2.23. The van der Waals surface area contributed by atoms with E-state index in [0.717, 1.165) is 5.56 Å². The highest BCUT2D eigenvalue weighted by atomic mass is 35.5. The van der Waals surface area contributed by atoms with Gasteiger partial charge in [-0.3, -0.25) is 0 Å². The van der Waals surface area contributed by atoms with Crippen LogP contribution in [-0.4, -0.2) is 18.7 Å². The van der Waals surface area contributed by atoms with E-state index in [4.69, 9.17) is 10.8 Å². The van der Waals surface area contributed by atoms with Crippen molar-refractivity contribution in [2.75, 3.05) is 13.6 Å². The van der Waals surface area contributed by atoms with Gasteiger partial charge in [0.2, 0.25) is 0 Å². The molecule has 4 N–H and O–H groups in total. The van der Waals surface area contributed by atoms with Crippen molar-refractivity contribution in [3.8, 4) is 5.75 Å². The number of hydrogen-bond donors (Lipinski definition) is 3. The van der Waals surface area contributed by atoms with E-state index < -0.39 is 0 Å². The predicted molar refractivity (Wildman–Crippen MR) is 63.5 cm³/mol. The number of benzene rings is 1. The Bertz CT molecular complexity index is 258. The number of nitrogens with two attached hydrogens (primary N) is 1. The fourth-order valence-corrected chi connectivity index (χ4v) is 1.09. The Balaban J connectivity index is 0. The summed E-state index contributed by atoms with van der Waals surface area (Å²) < 4.78 is 0. The second-order valence-electron chi connectivity index (χ2n) is 2.76. The fraction of sp³-hybridized carbons (Fsp3) is 0.333. The Labute approximate surface area is 96.5 Å². The summed E-state index contributed by atoms with van der Waals surface area (Å²) in [6.07, 6.45) is 0. The molecule has 0 heterocycles. The van der Waals surface area contributed by atoms with Crippen molar-refractivity contribution >= 4 is 24.8 Å². The van der Waals surface area contributed by atoms with Crippen molar-refractivity contribution < 1.29 is 5.11 Å². The minimum absolute atomic E-state index is 0. The monoisotopic (exact) mass is 238 g/mol. The van der Waals surface area contributed by atoms with Crippen molar-refractivity contribution in [2.24, 2.45) is 5.73 Å². The Morgan fingerprint density at radius 1 is 1.43 bits per heavy atom. The van der Waals surface area contributed by atoms with Crippen LogP contribution in [0.3, 0.4) is 0 Å². The van der Waals surface area contributed by atoms with Crippen LogP contribution in [-0.2, 0) is 0 Å². The summed E-state index contributed by atoms with van der Waals surface area (Å²) in [5.41, 5.74) is 6.75. The second-order valence-corrected chi connectivity index (χ2v) is 2.76. The molecule has 0 aliphatic carbocycles. The van der Waals surface area contributed by atoms with Gasteiger partial charge in [-0.25, -0.2) is 0 Å². The highest BCUT2D eigenvalue weighted by molar-refractivity contribution is 5.85. The number of hydrogen-bond acceptors (Lipinski definition) is 3. The van der Waals surface area contributed by atoms with Crippen LogP contribution in [0, 0.1) is 0 Å². The molecule has 5 heteroatoms. The molecule has 0 bridgehead atoms. The number of nitrogens with one attached hydrogen (secondary N) is 1. The lowest BCUT2D eigenvalue weighted by atomic mass is 10.1. The first-order chi connectivity index (χ1) is 5.74. The zero-order valence-electron chi connectivity index (χ0n) is 7.93. The molecule has 1 aromatic carbocycles. The summed E-state index contributed by atoms with van der Waals surface area (Å²) in [6.45, 7) is 0.712. The Hall–Kier alpha value is -0.480. The summed E-state index contributed by atoms with van der Waals surface area (Å²) in [4.78, 5) is 0. The highest BCUT2D eigenvalue weighted by Crippen LogP contribution is 2.15. The first kappa shape index (κ1) is 16.0. The molecule has 0 amide bonds. The summed E-state index contributed by atoms with van der Waals surface area (Å²) in [5, 5.41) is 12.1. The van der Waals surface area contributed by atoms with Gasteiger partial charge in [-0.05, 0) is 24.7 Å². The van der Waals surface area contributed by atoms with Crippen LogP contribution in [0.15, 0.2) is 24.3 Å². The number of phenolic OH excluding ortho intramolecular Hbond substituents is 1. The number of halogens is 2. The van der Waals surface area contributed by atoms with Crippen LogP contribution < -0.4 is 11.1 Å². The van der Waals surface area contributed by atoms with Crippen molar-refractivity contribution in [1.29, 1.82) is 0 Å². The van der Waals surface area contributed by atoms with E-state index in [1.54, 1.807) is 18.2 Å². The summed E-state index contributed by atoms with van der Waals surface area (Å²) in [7, 11) is 1.85. The SMILES string of the molecule is CNCC(N)c1cccc(O)c1.Cl.Cl. The van der Waals surface area contributed by atoms with E-state index in [1.807, 2.05) is 13.1 Å². The molecule has 1 rings (SSSR count). The molecule has 82 valence electrons.